The van der Waals surface area contributed by atoms with Gasteiger partial charge in [0.1, 0.15) is 0 Å². The minimum Gasteiger partial charge on any atom is -0.463 e. The summed E-state index contributed by atoms with van der Waals surface area (Å²) in [5, 5.41) is 4.93. The third kappa shape index (κ3) is 9.20. The molecule has 0 aromatic rings. The van der Waals surface area contributed by atoms with E-state index in [4.69, 9.17) is 4.74 Å². The Morgan fingerprint density at radius 2 is 1.72 bits per heavy atom. The smallest absolute Gasteiger partial charge is 0.331 e. The van der Waals surface area contributed by atoms with E-state index in [1.54, 1.807) is 6.92 Å². The van der Waals surface area contributed by atoms with Crippen molar-refractivity contribution in [1.82, 2.24) is 10.6 Å². The third-order valence-electron chi connectivity index (χ3n) is 1.72. The molecule has 2 amide bonds. The second-order valence-electron chi connectivity index (χ2n) is 3.11. The van der Waals surface area contributed by atoms with E-state index in [1.807, 2.05) is 0 Å². The van der Waals surface area contributed by atoms with Crippen LogP contribution in [0.2, 0.25) is 0 Å². The molecule has 0 aromatic heterocycles. The fraction of sp³-hybridized carbons (Fsp3) is 0.545. The Hall–Kier alpha value is -2.05. The highest BCUT2D eigenvalue weighted by atomic mass is 16.5. The molecule has 7 heteroatoms. The number of ether oxygens (including phenoxy) is 2. The van der Waals surface area contributed by atoms with Crippen molar-refractivity contribution in [2.45, 2.75) is 13.3 Å². The minimum atomic E-state index is -0.622. The Morgan fingerprint density at radius 3 is 2.28 bits per heavy atom. The van der Waals surface area contributed by atoms with Gasteiger partial charge in [-0.05, 0) is 13.3 Å². The zero-order valence-corrected chi connectivity index (χ0v) is 10.5. The van der Waals surface area contributed by atoms with Gasteiger partial charge >= 0.3 is 18.0 Å². The average molecular weight is 258 g/mol. The van der Waals surface area contributed by atoms with Gasteiger partial charge in [-0.3, -0.25) is 0 Å². The maximum absolute atomic E-state index is 11.1. The molecule has 102 valence electrons. The first-order valence-electron chi connectivity index (χ1n) is 5.57. The molecule has 0 saturated heterocycles. The lowest BCUT2D eigenvalue weighted by molar-refractivity contribution is -0.140. The largest absolute Gasteiger partial charge is 0.463 e. The lowest BCUT2D eigenvalue weighted by Crippen LogP contribution is -2.33. The lowest BCUT2D eigenvalue weighted by Gasteiger charge is -2.04. The van der Waals surface area contributed by atoms with Crippen LogP contribution in [0.3, 0.4) is 0 Å². The molecule has 0 spiro atoms. The number of hydrogen-bond donors (Lipinski definition) is 2. The first-order chi connectivity index (χ1) is 8.60. The van der Waals surface area contributed by atoms with Crippen LogP contribution in [0.5, 0.6) is 0 Å². The molecule has 7 nitrogen and oxygen atoms in total. The van der Waals surface area contributed by atoms with E-state index in [-0.39, 0.29) is 19.2 Å². The average Bonchev–Trinajstić information content (AvgIpc) is 2.36. The van der Waals surface area contributed by atoms with Crippen molar-refractivity contribution in [3.8, 4) is 0 Å². The van der Waals surface area contributed by atoms with E-state index < -0.39 is 11.9 Å². The van der Waals surface area contributed by atoms with Gasteiger partial charge in [0.25, 0.3) is 0 Å². The highest BCUT2D eigenvalue weighted by Gasteiger charge is 2.00. The van der Waals surface area contributed by atoms with E-state index in [0.717, 1.165) is 12.2 Å². The molecule has 18 heavy (non-hydrogen) atoms. The number of amides is 2. The van der Waals surface area contributed by atoms with Crippen LogP contribution in [-0.2, 0) is 19.1 Å². The summed E-state index contributed by atoms with van der Waals surface area (Å²) in [6.07, 6.45) is 2.51. The van der Waals surface area contributed by atoms with Crippen LogP contribution in [0.4, 0.5) is 4.79 Å². The Kier molecular flexibility index (Phi) is 8.97. The van der Waals surface area contributed by atoms with Gasteiger partial charge < -0.3 is 20.1 Å². The van der Waals surface area contributed by atoms with Gasteiger partial charge in [-0.1, -0.05) is 0 Å². The van der Waals surface area contributed by atoms with Crippen LogP contribution in [0.25, 0.3) is 0 Å². The molecule has 0 bridgehead atoms. The van der Waals surface area contributed by atoms with Gasteiger partial charge in [-0.2, -0.15) is 0 Å². The summed E-state index contributed by atoms with van der Waals surface area (Å²) in [6, 6.07) is -0.288. The summed E-state index contributed by atoms with van der Waals surface area (Å²) in [4.78, 5) is 32.7. The van der Waals surface area contributed by atoms with Crippen molar-refractivity contribution in [2.75, 3.05) is 26.8 Å². The SMILES string of the molecule is CCOC(=O)/C=C/C(=O)OCCCNC(=O)NC. The zero-order chi connectivity index (χ0) is 13.8. The van der Waals surface area contributed by atoms with E-state index >= 15 is 0 Å². The second kappa shape index (κ2) is 10.1. The summed E-state index contributed by atoms with van der Waals surface area (Å²) in [5.41, 5.74) is 0. The number of rotatable bonds is 7. The van der Waals surface area contributed by atoms with Gasteiger partial charge in [0.15, 0.2) is 0 Å². The first-order valence-corrected chi connectivity index (χ1v) is 5.57. The van der Waals surface area contributed by atoms with Crippen molar-refractivity contribution in [3.05, 3.63) is 12.2 Å². The quantitative estimate of drug-likeness (QED) is 0.380. The molecule has 0 aliphatic rings. The number of carbonyl (C=O) groups is 3. The van der Waals surface area contributed by atoms with Crippen molar-refractivity contribution in [3.63, 3.8) is 0 Å². The fourth-order valence-electron chi connectivity index (χ4n) is 0.910. The van der Waals surface area contributed by atoms with Crippen molar-refractivity contribution in [2.24, 2.45) is 0 Å². The highest BCUT2D eigenvalue weighted by Crippen LogP contribution is 1.87. The van der Waals surface area contributed by atoms with Gasteiger partial charge in [0.2, 0.25) is 0 Å². The predicted octanol–water partition coefficient (Wildman–Crippen LogP) is -0.0320. The molecule has 0 aliphatic heterocycles. The summed E-state index contributed by atoms with van der Waals surface area (Å²) < 4.78 is 9.37. The van der Waals surface area contributed by atoms with Crippen LogP contribution in [0.15, 0.2) is 12.2 Å². The number of esters is 2. The van der Waals surface area contributed by atoms with E-state index in [2.05, 4.69) is 15.4 Å². The first kappa shape index (κ1) is 16.0. The number of urea groups is 1. The van der Waals surface area contributed by atoms with Gasteiger partial charge in [-0.25, -0.2) is 14.4 Å². The lowest BCUT2D eigenvalue weighted by atomic mass is 10.4. The molecule has 2 N–H and O–H groups in total. The Bertz CT molecular complexity index is 315. The molecular weight excluding hydrogens is 240 g/mol. The summed E-state index contributed by atoms with van der Waals surface area (Å²) in [7, 11) is 1.51. The standard InChI is InChI=1S/C11H18N2O5/c1-3-17-9(14)5-6-10(15)18-8-4-7-13-11(16)12-2/h5-6H,3-4,7-8H2,1-2H3,(H2,12,13,16)/b6-5+. The molecule has 0 rings (SSSR count). The molecule has 0 aromatic carbocycles. The van der Waals surface area contributed by atoms with E-state index in [9.17, 15) is 14.4 Å². The Labute approximate surface area is 106 Å². The molecule has 0 atom stereocenters. The Balaban J connectivity index is 3.59. The van der Waals surface area contributed by atoms with Crippen molar-refractivity contribution >= 4 is 18.0 Å². The predicted molar refractivity (Wildman–Crippen MR) is 63.8 cm³/mol. The van der Waals surface area contributed by atoms with Crippen LogP contribution < -0.4 is 10.6 Å². The number of carbonyl (C=O) groups excluding carboxylic acids is 3. The Morgan fingerprint density at radius 1 is 1.11 bits per heavy atom. The maximum atomic E-state index is 11.1. The van der Waals surface area contributed by atoms with Gasteiger partial charge in [-0.15, -0.1) is 0 Å². The zero-order valence-electron chi connectivity index (χ0n) is 10.5. The summed E-state index contributed by atoms with van der Waals surface area (Å²) >= 11 is 0. The normalized spacial score (nSPS) is 9.89. The molecular formula is C11H18N2O5. The van der Waals surface area contributed by atoms with Crippen LogP contribution in [-0.4, -0.2) is 44.8 Å². The molecule has 0 fully saturated rings. The minimum absolute atomic E-state index is 0.163. The van der Waals surface area contributed by atoms with Crippen molar-refractivity contribution < 1.29 is 23.9 Å². The van der Waals surface area contributed by atoms with E-state index in [1.165, 1.54) is 7.05 Å². The summed E-state index contributed by atoms with van der Waals surface area (Å²) in [6.45, 7) is 2.48. The number of hydrogen-bond acceptors (Lipinski definition) is 5. The van der Waals surface area contributed by atoms with Crippen molar-refractivity contribution in [1.29, 1.82) is 0 Å². The van der Waals surface area contributed by atoms with Gasteiger partial charge in [0.05, 0.1) is 13.2 Å². The van der Waals surface area contributed by atoms with Crippen LogP contribution in [0.1, 0.15) is 13.3 Å². The van der Waals surface area contributed by atoms with Gasteiger partial charge in [0, 0.05) is 25.7 Å². The third-order valence-corrected chi connectivity index (χ3v) is 1.72. The maximum Gasteiger partial charge on any atom is 0.331 e. The highest BCUT2D eigenvalue weighted by molar-refractivity contribution is 5.91. The van der Waals surface area contributed by atoms with Crippen LogP contribution in [0, 0.1) is 0 Å². The molecule has 0 saturated carbocycles. The second-order valence-corrected chi connectivity index (χ2v) is 3.11. The number of nitrogens with one attached hydrogen (secondary N) is 2. The van der Waals surface area contributed by atoms with E-state index in [0.29, 0.717) is 13.0 Å². The molecule has 0 unspecified atom stereocenters. The van der Waals surface area contributed by atoms with Crippen LogP contribution >= 0.6 is 0 Å². The fourth-order valence-corrected chi connectivity index (χ4v) is 0.910. The topological polar surface area (TPSA) is 93.7 Å². The molecule has 0 aliphatic carbocycles. The monoisotopic (exact) mass is 258 g/mol. The molecule has 0 heterocycles. The molecule has 0 radical (unpaired) electrons. The summed E-state index contributed by atoms with van der Waals surface area (Å²) in [5.74, 6) is -1.21.